The van der Waals surface area contributed by atoms with E-state index >= 15 is 0 Å². The van der Waals surface area contributed by atoms with Gasteiger partial charge in [0.15, 0.2) is 0 Å². The van der Waals surface area contributed by atoms with Gasteiger partial charge in [-0.2, -0.15) is 0 Å². The van der Waals surface area contributed by atoms with Crippen LogP contribution in [0.25, 0.3) is 0 Å². The van der Waals surface area contributed by atoms with E-state index in [-0.39, 0.29) is 24.4 Å². The van der Waals surface area contributed by atoms with E-state index in [1.807, 2.05) is 11.8 Å². The van der Waals surface area contributed by atoms with E-state index in [0.29, 0.717) is 18.5 Å². The second-order valence-corrected chi connectivity index (χ2v) is 5.19. The molecule has 0 aliphatic carbocycles. The Morgan fingerprint density at radius 1 is 1.37 bits per heavy atom. The quantitative estimate of drug-likeness (QED) is 0.811. The number of amides is 1. The van der Waals surface area contributed by atoms with Gasteiger partial charge >= 0.3 is 0 Å². The molecule has 0 aromatic heterocycles. The highest BCUT2D eigenvalue weighted by Crippen LogP contribution is 2.16. The summed E-state index contributed by atoms with van der Waals surface area (Å²) in [5.74, 6) is 0.0857. The van der Waals surface area contributed by atoms with Gasteiger partial charge in [0.2, 0.25) is 5.91 Å². The van der Waals surface area contributed by atoms with Gasteiger partial charge in [0.1, 0.15) is 0 Å². The summed E-state index contributed by atoms with van der Waals surface area (Å²) in [5.41, 5.74) is 5.83. The van der Waals surface area contributed by atoms with Crippen LogP contribution in [-0.2, 0) is 9.53 Å². The summed E-state index contributed by atoms with van der Waals surface area (Å²) in [6, 6.07) is 0.365. The molecule has 1 heterocycles. The van der Waals surface area contributed by atoms with Gasteiger partial charge in [0, 0.05) is 38.8 Å². The zero-order chi connectivity index (χ0) is 13.7. The molecule has 1 amide bonds. The lowest BCUT2D eigenvalue weighted by Crippen LogP contribution is -2.60. The molecule has 1 fully saturated rings. The van der Waals surface area contributed by atoms with Crippen LogP contribution in [0.2, 0.25) is 0 Å². The zero-order valence-corrected chi connectivity index (χ0v) is 13.3. The number of nitrogens with two attached hydrogens (primary N) is 1. The van der Waals surface area contributed by atoms with Gasteiger partial charge in [-0.25, -0.2) is 0 Å². The number of hydrogen-bond acceptors (Lipinski definition) is 4. The first-order valence-corrected chi connectivity index (χ1v) is 6.80. The van der Waals surface area contributed by atoms with Gasteiger partial charge in [-0.3, -0.25) is 9.69 Å². The van der Waals surface area contributed by atoms with Crippen LogP contribution in [0.3, 0.4) is 0 Å². The molecule has 5 nitrogen and oxygen atoms in total. The summed E-state index contributed by atoms with van der Waals surface area (Å²) in [7, 11) is 1.72. The Labute approximate surface area is 122 Å². The minimum Gasteiger partial charge on any atom is -0.383 e. The number of methoxy groups -OCH3 is 1. The number of halogens is 1. The fraction of sp³-hybridized carbons (Fsp3) is 0.923. The van der Waals surface area contributed by atoms with Gasteiger partial charge in [-0.15, -0.1) is 12.4 Å². The third kappa shape index (κ3) is 4.91. The van der Waals surface area contributed by atoms with Crippen molar-refractivity contribution >= 4 is 18.3 Å². The molecule has 0 spiro atoms. The van der Waals surface area contributed by atoms with Crippen molar-refractivity contribution in [2.45, 2.75) is 45.3 Å². The number of nitrogens with zero attached hydrogens (tertiary/aromatic N) is 2. The summed E-state index contributed by atoms with van der Waals surface area (Å²) in [5, 5.41) is 0. The Kier molecular flexibility index (Phi) is 8.57. The summed E-state index contributed by atoms with van der Waals surface area (Å²) < 4.78 is 5.13. The maximum Gasteiger partial charge on any atom is 0.239 e. The minimum absolute atomic E-state index is 0. The van der Waals surface area contributed by atoms with E-state index < -0.39 is 0 Å². The summed E-state index contributed by atoms with van der Waals surface area (Å²) in [4.78, 5) is 16.4. The molecule has 0 aromatic carbocycles. The number of carbonyl (C=O) groups is 1. The average molecular weight is 294 g/mol. The van der Waals surface area contributed by atoms with Crippen LogP contribution in [0.4, 0.5) is 0 Å². The van der Waals surface area contributed by atoms with Crippen molar-refractivity contribution < 1.29 is 9.53 Å². The number of ether oxygens (including phenoxy) is 1. The predicted molar refractivity (Wildman–Crippen MR) is 79.6 cm³/mol. The molecule has 1 saturated heterocycles. The Bertz CT molecular complexity index is 267. The number of hydrogen-bond donors (Lipinski definition) is 1. The fourth-order valence-corrected chi connectivity index (χ4v) is 2.58. The average Bonchev–Trinajstić information content (AvgIpc) is 2.35. The van der Waals surface area contributed by atoms with Crippen LogP contribution in [0.5, 0.6) is 0 Å². The maximum absolute atomic E-state index is 12.1. The summed E-state index contributed by atoms with van der Waals surface area (Å²) >= 11 is 0. The molecular formula is C13H28ClN3O2. The van der Waals surface area contributed by atoms with Crippen molar-refractivity contribution in [2.75, 3.05) is 33.4 Å². The van der Waals surface area contributed by atoms with Crippen molar-refractivity contribution in [1.82, 2.24) is 9.80 Å². The molecule has 0 bridgehead atoms. The van der Waals surface area contributed by atoms with Crippen LogP contribution >= 0.6 is 12.4 Å². The lowest BCUT2D eigenvalue weighted by Gasteiger charge is -2.45. The van der Waals surface area contributed by atoms with Gasteiger partial charge in [0.05, 0.1) is 12.6 Å². The Balaban J connectivity index is 0.00000324. The maximum atomic E-state index is 12.1. The molecular weight excluding hydrogens is 266 g/mol. The van der Waals surface area contributed by atoms with Crippen LogP contribution in [0.1, 0.15) is 27.2 Å². The molecule has 19 heavy (non-hydrogen) atoms. The SMILES string of the molecule is CCC(N)C(=O)N1CC(C)N(CCOC)C(C)C1.Cl. The molecule has 1 aliphatic rings. The lowest BCUT2D eigenvalue weighted by atomic mass is 10.1. The normalized spacial score (nSPS) is 25.8. The molecule has 3 unspecified atom stereocenters. The zero-order valence-electron chi connectivity index (χ0n) is 12.5. The first kappa shape index (κ1) is 18.6. The van der Waals surface area contributed by atoms with Crippen molar-refractivity contribution in [2.24, 2.45) is 5.73 Å². The topological polar surface area (TPSA) is 58.8 Å². The summed E-state index contributed by atoms with van der Waals surface area (Å²) in [6.45, 7) is 9.44. The largest absolute Gasteiger partial charge is 0.383 e. The van der Waals surface area contributed by atoms with Crippen LogP contribution in [0.15, 0.2) is 0 Å². The molecule has 0 radical (unpaired) electrons. The van der Waals surface area contributed by atoms with Crippen molar-refractivity contribution in [1.29, 1.82) is 0 Å². The third-order valence-corrected chi connectivity index (χ3v) is 3.72. The van der Waals surface area contributed by atoms with Gasteiger partial charge in [-0.05, 0) is 20.3 Å². The van der Waals surface area contributed by atoms with E-state index in [1.165, 1.54) is 0 Å². The molecule has 1 rings (SSSR count). The van der Waals surface area contributed by atoms with E-state index in [4.69, 9.17) is 10.5 Å². The Morgan fingerprint density at radius 3 is 2.32 bits per heavy atom. The summed E-state index contributed by atoms with van der Waals surface area (Å²) in [6.07, 6.45) is 0.700. The number of piperazine rings is 1. The molecule has 1 aliphatic heterocycles. The third-order valence-electron chi connectivity index (χ3n) is 3.72. The molecule has 3 atom stereocenters. The lowest BCUT2D eigenvalue weighted by molar-refractivity contribution is -0.137. The number of rotatable bonds is 5. The van der Waals surface area contributed by atoms with Crippen molar-refractivity contribution in [3.8, 4) is 0 Å². The predicted octanol–water partition coefficient (Wildman–Crippen LogP) is 0.713. The smallest absolute Gasteiger partial charge is 0.239 e. The van der Waals surface area contributed by atoms with Crippen LogP contribution < -0.4 is 5.73 Å². The van der Waals surface area contributed by atoms with Crippen molar-refractivity contribution in [3.05, 3.63) is 0 Å². The first-order valence-electron chi connectivity index (χ1n) is 6.80. The van der Waals surface area contributed by atoms with E-state index in [0.717, 1.165) is 26.2 Å². The molecule has 0 aromatic rings. The van der Waals surface area contributed by atoms with Crippen molar-refractivity contribution in [3.63, 3.8) is 0 Å². The fourth-order valence-electron chi connectivity index (χ4n) is 2.58. The van der Waals surface area contributed by atoms with E-state index in [1.54, 1.807) is 7.11 Å². The van der Waals surface area contributed by atoms with Crippen LogP contribution in [0, 0.1) is 0 Å². The Hall–Kier alpha value is -0.360. The standard InChI is InChI=1S/C13H27N3O2.ClH/c1-5-12(14)13(17)15-8-10(2)16(6-7-18-4)11(3)9-15;/h10-12H,5-9,14H2,1-4H3;1H. The van der Waals surface area contributed by atoms with E-state index in [2.05, 4.69) is 18.7 Å². The van der Waals surface area contributed by atoms with Gasteiger partial charge < -0.3 is 15.4 Å². The number of carbonyl (C=O) groups excluding carboxylic acids is 1. The van der Waals surface area contributed by atoms with E-state index in [9.17, 15) is 4.79 Å². The second-order valence-electron chi connectivity index (χ2n) is 5.19. The minimum atomic E-state index is -0.352. The highest BCUT2D eigenvalue weighted by atomic mass is 35.5. The second kappa shape index (κ2) is 8.74. The highest BCUT2D eigenvalue weighted by molar-refractivity contribution is 5.85. The molecule has 6 heteroatoms. The first-order chi connectivity index (χ1) is 8.51. The monoisotopic (exact) mass is 293 g/mol. The van der Waals surface area contributed by atoms with Gasteiger partial charge in [0.25, 0.3) is 0 Å². The Morgan fingerprint density at radius 2 is 1.89 bits per heavy atom. The van der Waals surface area contributed by atoms with Crippen LogP contribution in [-0.4, -0.2) is 67.2 Å². The molecule has 114 valence electrons. The van der Waals surface area contributed by atoms with Gasteiger partial charge in [-0.1, -0.05) is 6.92 Å². The molecule has 2 N–H and O–H groups in total. The molecule has 0 saturated carbocycles. The highest BCUT2D eigenvalue weighted by Gasteiger charge is 2.32.